The van der Waals surface area contributed by atoms with Gasteiger partial charge in [-0.3, -0.25) is 0 Å². The SMILES string of the molecule is Cc1cc(Br)ccc1Oc1cc(F)c(I)cc1N. The molecule has 0 saturated heterocycles. The molecule has 2 N–H and O–H groups in total. The van der Waals surface area contributed by atoms with E-state index < -0.39 is 0 Å². The molecular weight excluding hydrogens is 412 g/mol. The van der Waals surface area contributed by atoms with E-state index >= 15 is 0 Å². The Morgan fingerprint density at radius 3 is 2.61 bits per heavy atom. The number of nitrogens with two attached hydrogens (primary N) is 1. The Kier molecular flexibility index (Phi) is 4.11. The average Bonchev–Trinajstić information content (AvgIpc) is 2.29. The van der Waals surface area contributed by atoms with Gasteiger partial charge >= 0.3 is 0 Å². The number of hydrogen-bond donors (Lipinski definition) is 1. The van der Waals surface area contributed by atoms with Crippen molar-refractivity contribution in [2.75, 3.05) is 5.73 Å². The van der Waals surface area contributed by atoms with Gasteiger partial charge in [-0.15, -0.1) is 0 Å². The molecule has 0 radical (unpaired) electrons. The molecule has 5 heteroatoms. The Balaban J connectivity index is 2.37. The van der Waals surface area contributed by atoms with Crippen molar-refractivity contribution in [3.05, 3.63) is 49.8 Å². The molecular formula is C13H10BrFINO. The number of rotatable bonds is 2. The van der Waals surface area contributed by atoms with Crippen molar-refractivity contribution in [1.82, 2.24) is 0 Å². The van der Waals surface area contributed by atoms with E-state index in [4.69, 9.17) is 10.5 Å². The first-order chi connectivity index (χ1) is 8.47. The van der Waals surface area contributed by atoms with Crippen molar-refractivity contribution in [3.63, 3.8) is 0 Å². The Morgan fingerprint density at radius 2 is 1.94 bits per heavy atom. The first-order valence-corrected chi connectivity index (χ1v) is 7.03. The fraction of sp³-hybridized carbons (Fsp3) is 0.0769. The quantitative estimate of drug-likeness (QED) is 0.554. The van der Waals surface area contributed by atoms with Crippen molar-refractivity contribution in [2.24, 2.45) is 0 Å². The van der Waals surface area contributed by atoms with E-state index in [1.807, 2.05) is 47.7 Å². The highest BCUT2D eigenvalue weighted by Crippen LogP contribution is 2.32. The van der Waals surface area contributed by atoms with Gasteiger partial charge in [0.05, 0.1) is 9.26 Å². The molecule has 2 nitrogen and oxygen atoms in total. The summed E-state index contributed by atoms with van der Waals surface area (Å²) < 4.78 is 20.6. The first kappa shape index (κ1) is 13.6. The van der Waals surface area contributed by atoms with Crippen LogP contribution in [0.2, 0.25) is 0 Å². The van der Waals surface area contributed by atoms with Crippen LogP contribution in [0.25, 0.3) is 0 Å². The van der Waals surface area contributed by atoms with Gasteiger partial charge in [0.1, 0.15) is 11.6 Å². The third-order valence-corrected chi connectivity index (χ3v) is 3.73. The maximum atomic E-state index is 13.5. The van der Waals surface area contributed by atoms with Crippen molar-refractivity contribution in [2.45, 2.75) is 6.92 Å². The molecule has 0 aliphatic rings. The number of halogens is 3. The molecule has 0 bridgehead atoms. The van der Waals surface area contributed by atoms with E-state index in [1.165, 1.54) is 6.07 Å². The summed E-state index contributed by atoms with van der Waals surface area (Å²) in [6, 6.07) is 8.46. The number of hydrogen-bond acceptors (Lipinski definition) is 2. The van der Waals surface area contributed by atoms with Gasteiger partial charge in [-0.2, -0.15) is 0 Å². The lowest BCUT2D eigenvalue weighted by Gasteiger charge is -2.11. The van der Waals surface area contributed by atoms with Gasteiger partial charge in [-0.05, 0) is 59.3 Å². The Labute approximate surface area is 127 Å². The van der Waals surface area contributed by atoms with Crippen molar-refractivity contribution in [3.8, 4) is 11.5 Å². The van der Waals surface area contributed by atoms with Gasteiger partial charge in [0.25, 0.3) is 0 Å². The Morgan fingerprint density at radius 1 is 1.22 bits per heavy atom. The monoisotopic (exact) mass is 421 g/mol. The second kappa shape index (κ2) is 5.44. The van der Waals surface area contributed by atoms with Gasteiger partial charge < -0.3 is 10.5 Å². The fourth-order valence-electron chi connectivity index (χ4n) is 1.48. The highest BCUT2D eigenvalue weighted by atomic mass is 127. The molecule has 0 spiro atoms. The average molecular weight is 422 g/mol. The van der Waals surface area contributed by atoms with E-state index in [2.05, 4.69) is 15.9 Å². The molecule has 0 fully saturated rings. The predicted molar refractivity (Wildman–Crippen MR) is 82.5 cm³/mol. The Bertz CT molecular complexity index is 604. The first-order valence-electron chi connectivity index (χ1n) is 5.16. The molecule has 2 aromatic carbocycles. The molecule has 2 aromatic rings. The van der Waals surface area contributed by atoms with E-state index in [1.54, 1.807) is 6.07 Å². The van der Waals surface area contributed by atoms with Gasteiger partial charge in [-0.1, -0.05) is 15.9 Å². The summed E-state index contributed by atoms with van der Waals surface area (Å²) in [7, 11) is 0. The lowest BCUT2D eigenvalue weighted by Crippen LogP contribution is -1.96. The zero-order valence-electron chi connectivity index (χ0n) is 9.51. The second-order valence-electron chi connectivity index (χ2n) is 3.82. The highest BCUT2D eigenvalue weighted by molar-refractivity contribution is 14.1. The number of benzene rings is 2. The van der Waals surface area contributed by atoms with Crippen LogP contribution >= 0.6 is 38.5 Å². The van der Waals surface area contributed by atoms with Gasteiger partial charge in [-0.25, -0.2) is 4.39 Å². The molecule has 0 amide bonds. The summed E-state index contributed by atoms with van der Waals surface area (Å²) in [5.74, 6) is 0.651. The minimum Gasteiger partial charge on any atom is -0.455 e. The topological polar surface area (TPSA) is 35.2 Å². The van der Waals surface area contributed by atoms with Gasteiger partial charge in [0, 0.05) is 10.5 Å². The lowest BCUT2D eigenvalue weighted by molar-refractivity contribution is 0.475. The summed E-state index contributed by atoms with van der Waals surface area (Å²) in [4.78, 5) is 0. The van der Waals surface area contributed by atoms with Crippen LogP contribution in [0.1, 0.15) is 5.56 Å². The van der Waals surface area contributed by atoms with Crippen molar-refractivity contribution < 1.29 is 9.13 Å². The smallest absolute Gasteiger partial charge is 0.153 e. The lowest BCUT2D eigenvalue weighted by atomic mass is 10.2. The van der Waals surface area contributed by atoms with E-state index in [0.717, 1.165) is 10.0 Å². The standard InChI is InChI=1S/C13H10BrFINO/c1-7-4-8(14)2-3-12(7)18-13-5-9(15)10(16)6-11(13)17/h2-6H,17H2,1H3. The van der Waals surface area contributed by atoms with Crippen LogP contribution < -0.4 is 10.5 Å². The molecule has 0 heterocycles. The summed E-state index contributed by atoms with van der Waals surface area (Å²) in [5.41, 5.74) is 7.18. The fourth-order valence-corrected chi connectivity index (χ4v) is 2.44. The third kappa shape index (κ3) is 2.95. The van der Waals surface area contributed by atoms with Crippen LogP contribution in [0.15, 0.2) is 34.8 Å². The van der Waals surface area contributed by atoms with Crippen LogP contribution in [0.4, 0.5) is 10.1 Å². The van der Waals surface area contributed by atoms with E-state index in [-0.39, 0.29) is 5.82 Å². The van der Waals surface area contributed by atoms with Crippen LogP contribution in [0, 0.1) is 16.3 Å². The molecule has 0 aliphatic carbocycles. The summed E-state index contributed by atoms with van der Waals surface area (Å²) >= 11 is 5.27. The van der Waals surface area contributed by atoms with E-state index in [9.17, 15) is 4.39 Å². The zero-order valence-corrected chi connectivity index (χ0v) is 13.2. The number of aryl methyl sites for hydroxylation is 1. The van der Waals surface area contributed by atoms with Crippen LogP contribution in [-0.4, -0.2) is 0 Å². The highest BCUT2D eigenvalue weighted by Gasteiger charge is 2.09. The number of anilines is 1. The van der Waals surface area contributed by atoms with Crippen LogP contribution in [-0.2, 0) is 0 Å². The molecule has 94 valence electrons. The van der Waals surface area contributed by atoms with Crippen molar-refractivity contribution in [1.29, 1.82) is 0 Å². The van der Waals surface area contributed by atoms with Gasteiger partial charge in [0.2, 0.25) is 0 Å². The minimum atomic E-state index is -0.338. The molecule has 0 saturated carbocycles. The maximum Gasteiger partial charge on any atom is 0.153 e. The molecule has 2 rings (SSSR count). The second-order valence-corrected chi connectivity index (χ2v) is 5.89. The normalized spacial score (nSPS) is 10.4. The molecule has 0 aromatic heterocycles. The molecule has 0 aliphatic heterocycles. The van der Waals surface area contributed by atoms with E-state index in [0.29, 0.717) is 20.8 Å². The van der Waals surface area contributed by atoms with Crippen LogP contribution in [0.3, 0.4) is 0 Å². The Hall–Kier alpha value is -0.820. The largest absolute Gasteiger partial charge is 0.455 e. The summed E-state index contributed by atoms with van der Waals surface area (Å²) in [5, 5.41) is 0. The third-order valence-electron chi connectivity index (χ3n) is 2.41. The molecule has 0 unspecified atom stereocenters. The molecule has 0 atom stereocenters. The van der Waals surface area contributed by atoms with Crippen molar-refractivity contribution >= 4 is 44.2 Å². The number of nitrogen functional groups attached to an aromatic ring is 1. The van der Waals surface area contributed by atoms with Gasteiger partial charge in [0.15, 0.2) is 5.75 Å². The zero-order chi connectivity index (χ0) is 13.3. The maximum absolute atomic E-state index is 13.5. The number of ether oxygens (including phenoxy) is 1. The minimum absolute atomic E-state index is 0.332. The predicted octanol–water partition coefficient (Wildman–Crippen LogP) is 4.88. The molecule has 18 heavy (non-hydrogen) atoms. The van der Waals surface area contributed by atoms with Crippen LogP contribution in [0.5, 0.6) is 11.5 Å². The summed E-state index contributed by atoms with van der Waals surface area (Å²) in [6.45, 7) is 1.92. The summed E-state index contributed by atoms with van der Waals surface area (Å²) in [6.07, 6.45) is 0.